The molecule has 3 N–H and O–H groups in total. The van der Waals surface area contributed by atoms with E-state index in [1.54, 1.807) is 0 Å². The maximum Gasteiger partial charge on any atom is 0.315 e. The molecule has 5 heteroatoms. The van der Waals surface area contributed by atoms with E-state index in [0.29, 0.717) is 25.6 Å². The summed E-state index contributed by atoms with van der Waals surface area (Å²) in [5.74, 6) is 0.0158. The largest absolute Gasteiger partial charge is 0.353 e. The Morgan fingerprint density at radius 1 is 1.22 bits per heavy atom. The first kappa shape index (κ1) is 14.5. The molecule has 0 saturated heterocycles. The van der Waals surface area contributed by atoms with Crippen LogP contribution in [0.3, 0.4) is 0 Å². The van der Waals surface area contributed by atoms with Crippen LogP contribution in [-0.2, 0) is 4.79 Å². The maximum absolute atomic E-state index is 11.5. The Kier molecular flexibility index (Phi) is 6.25. The lowest BCUT2D eigenvalue weighted by Crippen LogP contribution is -2.39. The lowest BCUT2D eigenvalue weighted by atomic mass is 10.2. The molecule has 1 aliphatic carbocycles. The summed E-state index contributed by atoms with van der Waals surface area (Å²) in [6.45, 7) is 6.35. The highest BCUT2D eigenvalue weighted by Crippen LogP contribution is 2.17. The van der Waals surface area contributed by atoms with Crippen molar-refractivity contribution < 1.29 is 9.59 Å². The number of hydrogen-bond donors (Lipinski definition) is 3. The van der Waals surface area contributed by atoms with Gasteiger partial charge in [0.15, 0.2) is 0 Å². The summed E-state index contributed by atoms with van der Waals surface area (Å²) in [5, 5.41) is 8.27. The molecule has 1 fully saturated rings. The third-order valence-electron chi connectivity index (χ3n) is 2.91. The smallest absolute Gasteiger partial charge is 0.315 e. The van der Waals surface area contributed by atoms with Crippen LogP contribution >= 0.6 is 0 Å². The van der Waals surface area contributed by atoms with Gasteiger partial charge in [-0.15, -0.1) is 0 Å². The summed E-state index contributed by atoms with van der Waals surface area (Å²) in [6, 6.07) is 0.0846. The van der Waals surface area contributed by atoms with Crippen molar-refractivity contribution in [1.82, 2.24) is 16.0 Å². The molecule has 0 aromatic rings. The predicted octanol–water partition coefficient (Wildman–Crippen LogP) is 1.31. The van der Waals surface area contributed by atoms with Crippen LogP contribution in [0.1, 0.15) is 39.0 Å². The first-order valence-electron chi connectivity index (χ1n) is 6.53. The highest BCUT2D eigenvalue weighted by atomic mass is 16.2. The van der Waals surface area contributed by atoms with Crippen molar-refractivity contribution in [3.05, 3.63) is 12.2 Å². The van der Waals surface area contributed by atoms with Gasteiger partial charge >= 0.3 is 6.03 Å². The van der Waals surface area contributed by atoms with Crippen molar-refractivity contribution in [2.24, 2.45) is 0 Å². The molecular weight excluding hydrogens is 230 g/mol. The van der Waals surface area contributed by atoms with E-state index in [4.69, 9.17) is 0 Å². The summed E-state index contributed by atoms with van der Waals surface area (Å²) in [4.78, 5) is 22.8. The average molecular weight is 253 g/mol. The summed E-state index contributed by atoms with van der Waals surface area (Å²) in [6.07, 6.45) is 4.90. The van der Waals surface area contributed by atoms with Gasteiger partial charge in [0, 0.05) is 25.6 Å². The minimum Gasteiger partial charge on any atom is -0.353 e. The molecule has 102 valence electrons. The lowest BCUT2D eigenvalue weighted by Gasteiger charge is -2.12. The molecule has 1 rings (SSSR count). The van der Waals surface area contributed by atoms with E-state index >= 15 is 0 Å². The predicted molar refractivity (Wildman–Crippen MR) is 71.2 cm³/mol. The van der Waals surface area contributed by atoms with E-state index < -0.39 is 0 Å². The van der Waals surface area contributed by atoms with E-state index in [1.165, 1.54) is 12.8 Å². The average Bonchev–Trinajstić information content (AvgIpc) is 2.79. The van der Waals surface area contributed by atoms with E-state index in [0.717, 1.165) is 18.4 Å². The van der Waals surface area contributed by atoms with Crippen LogP contribution in [0, 0.1) is 0 Å². The Bertz CT molecular complexity index is 309. The third kappa shape index (κ3) is 6.27. The summed E-state index contributed by atoms with van der Waals surface area (Å²) in [7, 11) is 0. The zero-order valence-electron chi connectivity index (χ0n) is 11.1. The van der Waals surface area contributed by atoms with Gasteiger partial charge in [0.2, 0.25) is 5.91 Å². The molecule has 0 heterocycles. The fourth-order valence-electron chi connectivity index (χ4n) is 1.95. The van der Waals surface area contributed by atoms with Gasteiger partial charge in [-0.3, -0.25) is 4.79 Å². The highest BCUT2D eigenvalue weighted by molar-refractivity contribution is 5.78. The second-order valence-corrected chi connectivity index (χ2v) is 4.87. The van der Waals surface area contributed by atoms with Crippen LogP contribution in [0.4, 0.5) is 4.79 Å². The first-order valence-corrected chi connectivity index (χ1v) is 6.53. The molecule has 0 aromatic heterocycles. The molecule has 1 saturated carbocycles. The molecule has 0 unspecified atom stereocenters. The summed E-state index contributed by atoms with van der Waals surface area (Å²) in [5.41, 5.74) is 0.893. The number of carbonyl (C=O) groups is 2. The van der Waals surface area contributed by atoms with Crippen LogP contribution in [0.2, 0.25) is 0 Å². The molecule has 3 amide bonds. The molecule has 0 atom stereocenters. The zero-order valence-corrected chi connectivity index (χ0v) is 11.1. The molecule has 0 spiro atoms. The van der Waals surface area contributed by atoms with E-state index in [1.807, 2.05) is 6.92 Å². The molecule has 0 aromatic carbocycles. The maximum atomic E-state index is 11.5. The van der Waals surface area contributed by atoms with Crippen molar-refractivity contribution in [2.75, 3.05) is 13.1 Å². The Hall–Kier alpha value is -1.52. The fourth-order valence-corrected chi connectivity index (χ4v) is 1.95. The number of nitrogens with one attached hydrogen (secondary N) is 3. The topological polar surface area (TPSA) is 70.2 Å². The molecule has 5 nitrogen and oxygen atoms in total. The molecule has 18 heavy (non-hydrogen) atoms. The summed E-state index contributed by atoms with van der Waals surface area (Å²) < 4.78 is 0. The first-order chi connectivity index (χ1) is 8.58. The Morgan fingerprint density at radius 2 is 1.89 bits per heavy atom. The minimum absolute atomic E-state index is 0.0158. The number of urea groups is 1. The summed E-state index contributed by atoms with van der Waals surface area (Å²) >= 11 is 0. The van der Waals surface area contributed by atoms with E-state index in [-0.39, 0.29) is 11.9 Å². The minimum atomic E-state index is -0.258. The standard InChI is InChI=1S/C13H23N3O2/c1-10(2)9-15-13(18)14-8-7-12(17)16-11-5-3-4-6-11/h11H,1,3-9H2,2H3,(H,16,17)(H2,14,15,18). The van der Waals surface area contributed by atoms with Crippen LogP contribution in [0.25, 0.3) is 0 Å². The number of carbonyl (C=O) groups excluding carboxylic acids is 2. The van der Waals surface area contributed by atoms with Crippen molar-refractivity contribution in [3.63, 3.8) is 0 Å². The van der Waals surface area contributed by atoms with Crippen molar-refractivity contribution in [1.29, 1.82) is 0 Å². The van der Waals surface area contributed by atoms with Crippen LogP contribution in [0.15, 0.2) is 12.2 Å². The molecular formula is C13H23N3O2. The molecule has 1 aliphatic rings. The fraction of sp³-hybridized carbons (Fsp3) is 0.692. The lowest BCUT2D eigenvalue weighted by molar-refractivity contribution is -0.121. The number of hydrogen-bond acceptors (Lipinski definition) is 2. The Balaban J connectivity index is 2.03. The Morgan fingerprint density at radius 3 is 2.50 bits per heavy atom. The van der Waals surface area contributed by atoms with Crippen molar-refractivity contribution >= 4 is 11.9 Å². The quantitative estimate of drug-likeness (QED) is 0.625. The van der Waals surface area contributed by atoms with Gasteiger partial charge in [-0.2, -0.15) is 0 Å². The molecule has 0 radical (unpaired) electrons. The van der Waals surface area contributed by atoms with Crippen LogP contribution in [0.5, 0.6) is 0 Å². The second kappa shape index (κ2) is 7.74. The number of rotatable bonds is 6. The van der Waals surface area contributed by atoms with Gasteiger partial charge in [0.1, 0.15) is 0 Å². The van der Waals surface area contributed by atoms with Gasteiger partial charge < -0.3 is 16.0 Å². The Labute approximate surface area is 108 Å². The van der Waals surface area contributed by atoms with Gasteiger partial charge in [-0.25, -0.2) is 4.79 Å². The molecule has 0 aliphatic heterocycles. The van der Waals surface area contributed by atoms with E-state index in [2.05, 4.69) is 22.5 Å². The van der Waals surface area contributed by atoms with Gasteiger partial charge in [-0.1, -0.05) is 25.0 Å². The normalized spacial score (nSPS) is 15.2. The van der Waals surface area contributed by atoms with E-state index in [9.17, 15) is 9.59 Å². The van der Waals surface area contributed by atoms with Gasteiger partial charge in [0.25, 0.3) is 0 Å². The molecule has 0 bridgehead atoms. The SMILES string of the molecule is C=C(C)CNC(=O)NCCC(=O)NC1CCCC1. The van der Waals surface area contributed by atoms with Crippen LogP contribution < -0.4 is 16.0 Å². The van der Waals surface area contributed by atoms with Crippen molar-refractivity contribution in [3.8, 4) is 0 Å². The monoisotopic (exact) mass is 253 g/mol. The second-order valence-electron chi connectivity index (χ2n) is 4.87. The van der Waals surface area contributed by atoms with Crippen LogP contribution in [-0.4, -0.2) is 31.1 Å². The third-order valence-corrected chi connectivity index (χ3v) is 2.91. The highest BCUT2D eigenvalue weighted by Gasteiger charge is 2.16. The van der Waals surface area contributed by atoms with Gasteiger partial charge in [-0.05, 0) is 19.8 Å². The number of amides is 3. The zero-order chi connectivity index (χ0) is 13.4. The van der Waals surface area contributed by atoms with Crippen molar-refractivity contribution in [2.45, 2.75) is 45.1 Å². The van der Waals surface area contributed by atoms with Gasteiger partial charge in [0.05, 0.1) is 0 Å².